The van der Waals surface area contributed by atoms with E-state index in [2.05, 4.69) is 13.8 Å². The van der Waals surface area contributed by atoms with Crippen molar-refractivity contribution in [2.45, 2.75) is 41.0 Å². The minimum absolute atomic E-state index is 0.0101. The molecule has 0 aliphatic carbocycles. The van der Waals surface area contributed by atoms with E-state index >= 15 is 0 Å². The van der Waals surface area contributed by atoms with Crippen LogP contribution in [0, 0.1) is 11.3 Å². The van der Waals surface area contributed by atoms with E-state index in [0.29, 0.717) is 5.92 Å². The van der Waals surface area contributed by atoms with Gasteiger partial charge in [-0.3, -0.25) is 0 Å². The molecule has 3 nitrogen and oxygen atoms in total. The van der Waals surface area contributed by atoms with Crippen molar-refractivity contribution in [3.05, 3.63) is 0 Å². The molecule has 0 N–H and O–H groups in total. The predicted molar refractivity (Wildman–Crippen MR) is 71.4 cm³/mol. The van der Waals surface area contributed by atoms with Gasteiger partial charge < -0.3 is 14.2 Å². The third kappa shape index (κ3) is 7.74. The Kier molecular flexibility index (Phi) is 9.79. The van der Waals surface area contributed by atoms with Gasteiger partial charge in [0.15, 0.2) is 0 Å². The topological polar surface area (TPSA) is 27.7 Å². The third-order valence-electron chi connectivity index (χ3n) is 2.68. The SMILES string of the molecule is CCOCC(COCC)(COCC)CC(C)C. The van der Waals surface area contributed by atoms with Gasteiger partial charge in [0.1, 0.15) is 0 Å². The molecular weight excluding hydrogens is 216 g/mol. The van der Waals surface area contributed by atoms with Gasteiger partial charge in [-0.05, 0) is 33.1 Å². The van der Waals surface area contributed by atoms with Crippen LogP contribution in [0.5, 0.6) is 0 Å². The van der Waals surface area contributed by atoms with Crippen LogP contribution in [-0.4, -0.2) is 39.6 Å². The van der Waals surface area contributed by atoms with Crippen molar-refractivity contribution in [3.8, 4) is 0 Å². The van der Waals surface area contributed by atoms with Gasteiger partial charge in [-0.25, -0.2) is 0 Å². The van der Waals surface area contributed by atoms with Crippen molar-refractivity contribution >= 4 is 0 Å². The van der Waals surface area contributed by atoms with E-state index in [9.17, 15) is 0 Å². The molecule has 0 saturated carbocycles. The normalized spacial score (nSPS) is 12.4. The first-order valence-corrected chi connectivity index (χ1v) is 6.83. The van der Waals surface area contributed by atoms with Crippen LogP contribution in [0.25, 0.3) is 0 Å². The van der Waals surface area contributed by atoms with Crippen LogP contribution in [0.1, 0.15) is 41.0 Å². The second-order valence-corrected chi connectivity index (χ2v) is 5.01. The number of rotatable bonds is 11. The number of hydrogen-bond donors (Lipinski definition) is 0. The molecule has 0 atom stereocenters. The summed E-state index contributed by atoms with van der Waals surface area (Å²) in [5.74, 6) is 0.622. The van der Waals surface area contributed by atoms with Gasteiger partial charge in [-0.1, -0.05) is 13.8 Å². The van der Waals surface area contributed by atoms with Crippen LogP contribution in [0.15, 0.2) is 0 Å². The van der Waals surface area contributed by atoms with Gasteiger partial charge in [0, 0.05) is 25.2 Å². The molecule has 17 heavy (non-hydrogen) atoms. The first-order valence-electron chi connectivity index (χ1n) is 6.83. The standard InChI is InChI=1S/C14H30O3/c1-6-15-10-14(9-13(4)5,11-16-7-2)12-17-8-3/h13H,6-12H2,1-5H3. The Morgan fingerprint density at radius 3 is 1.35 bits per heavy atom. The average Bonchev–Trinajstić information content (AvgIpc) is 2.30. The highest BCUT2D eigenvalue weighted by molar-refractivity contribution is 4.80. The summed E-state index contributed by atoms with van der Waals surface area (Å²) in [4.78, 5) is 0. The molecule has 0 heterocycles. The van der Waals surface area contributed by atoms with E-state index < -0.39 is 0 Å². The fourth-order valence-electron chi connectivity index (χ4n) is 2.12. The molecule has 0 bridgehead atoms. The summed E-state index contributed by atoms with van der Waals surface area (Å²) in [6.45, 7) is 15.0. The fraction of sp³-hybridized carbons (Fsp3) is 1.00. The highest BCUT2D eigenvalue weighted by atomic mass is 16.5. The van der Waals surface area contributed by atoms with E-state index in [1.165, 1.54) is 0 Å². The number of ether oxygens (including phenoxy) is 3. The van der Waals surface area contributed by atoms with Gasteiger partial charge in [0.25, 0.3) is 0 Å². The highest BCUT2D eigenvalue weighted by Gasteiger charge is 2.32. The molecule has 0 aromatic rings. The van der Waals surface area contributed by atoms with E-state index in [0.717, 1.165) is 46.1 Å². The van der Waals surface area contributed by atoms with Crippen molar-refractivity contribution in [2.24, 2.45) is 11.3 Å². The van der Waals surface area contributed by atoms with Crippen LogP contribution in [0.2, 0.25) is 0 Å². The molecule has 0 aliphatic heterocycles. The molecule has 0 aromatic carbocycles. The van der Waals surface area contributed by atoms with E-state index in [4.69, 9.17) is 14.2 Å². The Morgan fingerprint density at radius 1 is 0.765 bits per heavy atom. The summed E-state index contributed by atoms with van der Waals surface area (Å²) in [6, 6.07) is 0. The molecule has 0 aliphatic rings. The Morgan fingerprint density at radius 2 is 1.12 bits per heavy atom. The summed E-state index contributed by atoms with van der Waals surface area (Å²) in [5.41, 5.74) is 0.0101. The predicted octanol–water partition coefficient (Wildman–Crippen LogP) is 3.13. The minimum atomic E-state index is 0.0101. The maximum Gasteiger partial charge on any atom is 0.0566 e. The Bertz CT molecular complexity index is 147. The molecule has 0 spiro atoms. The Labute approximate surface area is 107 Å². The Hall–Kier alpha value is -0.120. The lowest BCUT2D eigenvalue weighted by molar-refractivity contribution is -0.0736. The van der Waals surface area contributed by atoms with Gasteiger partial charge >= 0.3 is 0 Å². The van der Waals surface area contributed by atoms with Gasteiger partial charge in [-0.2, -0.15) is 0 Å². The zero-order chi connectivity index (χ0) is 13.1. The van der Waals surface area contributed by atoms with Crippen LogP contribution in [0.3, 0.4) is 0 Å². The van der Waals surface area contributed by atoms with Crippen molar-refractivity contribution in [3.63, 3.8) is 0 Å². The van der Waals surface area contributed by atoms with Gasteiger partial charge in [0.2, 0.25) is 0 Å². The molecule has 0 amide bonds. The second-order valence-electron chi connectivity index (χ2n) is 5.01. The largest absolute Gasteiger partial charge is 0.381 e. The molecule has 3 heteroatoms. The van der Waals surface area contributed by atoms with E-state index in [-0.39, 0.29) is 5.41 Å². The molecular formula is C14H30O3. The molecule has 0 radical (unpaired) electrons. The van der Waals surface area contributed by atoms with Crippen molar-refractivity contribution in [1.29, 1.82) is 0 Å². The molecule has 0 rings (SSSR count). The van der Waals surface area contributed by atoms with E-state index in [1.807, 2.05) is 20.8 Å². The first-order chi connectivity index (χ1) is 8.10. The monoisotopic (exact) mass is 246 g/mol. The van der Waals surface area contributed by atoms with E-state index in [1.54, 1.807) is 0 Å². The molecule has 0 fully saturated rings. The summed E-state index contributed by atoms with van der Waals surface area (Å²) in [6.07, 6.45) is 1.08. The second kappa shape index (κ2) is 9.86. The lowest BCUT2D eigenvalue weighted by atomic mass is 9.82. The lowest BCUT2D eigenvalue weighted by Crippen LogP contribution is -2.38. The zero-order valence-electron chi connectivity index (χ0n) is 12.3. The summed E-state index contributed by atoms with van der Waals surface area (Å²) < 4.78 is 16.9. The van der Waals surface area contributed by atoms with Crippen LogP contribution in [-0.2, 0) is 14.2 Å². The quantitative estimate of drug-likeness (QED) is 0.560. The van der Waals surface area contributed by atoms with Crippen molar-refractivity contribution in [2.75, 3.05) is 39.6 Å². The zero-order valence-corrected chi connectivity index (χ0v) is 12.3. The van der Waals surface area contributed by atoms with Crippen molar-refractivity contribution < 1.29 is 14.2 Å². The fourth-order valence-corrected chi connectivity index (χ4v) is 2.12. The smallest absolute Gasteiger partial charge is 0.0566 e. The van der Waals surface area contributed by atoms with Crippen molar-refractivity contribution in [1.82, 2.24) is 0 Å². The molecule has 0 unspecified atom stereocenters. The van der Waals surface area contributed by atoms with Crippen LogP contribution < -0.4 is 0 Å². The lowest BCUT2D eigenvalue weighted by Gasteiger charge is -2.34. The Balaban J connectivity index is 4.51. The molecule has 104 valence electrons. The third-order valence-corrected chi connectivity index (χ3v) is 2.68. The number of hydrogen-bond acceptors (Lipinski definition) is 3. The van der Waals surface area contributed by atoms with Gasteiger partial charge in [-0.15, -0.1) is 0 Å². The summed E-state index contributed by atoms with van der Waals surface area (Å²) >= 11 is 0. The van der Waals surface area contributed by atoms with Gasteiger partial charge in [0.05, 0.1) is 19.8 Å². The minimum Gasteiger partial charge on any atom is -0.381 e. The average molecular weight is 246 g/mol. The van der Waals surface area contributed by atoms with Crippen LogP contribution >= 0.6 is 0 Å². The summed E-state index contributed by atoms with van der Waals surface area (Å²) in [7, 11) is 0. The summed E-state index contributed by atoms with van der Waals surface area (Å²) in [5, 5.41) is 0. The molecule has 0 saturated heterocycles. The molecule has 0 aromatic heterocycles. The van der Waals surface area contributed by atoms with Crippen LogP contribution in [0.4, 0.5) is 0 Å². The first kappa shape index (κ1) is 16.9. The maximum atomic E-state index is 5.63. The highest BCUT2D eigenvalue weighted by Crippen LogP contribution is 2.28. The maximum absolute atomic E-state index is 5.63.